The zero-order chi connectivity index (χ0) is 22.8. The van der Waals surface area contributed by atoms with Gasteiger partial charge in [-0.3, -0.25) is 10.1 Å². The van der Waals surface area contributed by atoms with Gasteiger partial charge in [0.15, 0.2) is 10.9 Å². The molecule has 33 heavy (non-hydrogen) atoms. The van der Waals surface area contributed by atoms with E-state index in [-0.39, 0.29) is 0 Å². The number of carbonyl (C=O) groups excluding carboxylic acids is 1. The number of aryl methyl sites for hydroxylation is 1. The summed E-state index contributed by atoms with van der Waals surface area (Å²) in [7, 11) is 2.01. The molecule has 0 atom stereocenters. The van der Waals surface area contributed by atoms with Gasteiger partial charge in [0.25, 0.3) is 6.47 Å². The van der Waals surface area contributed by atoms with Crippen LogP contribution in [0.2, 0.25) is 0 Å². The Hall–Kier alpha value is -3.56. The van der Waals surface area contributed by atoms with Gasteiger partial charge in [0.2, 0.25) is 0 Å². The third-order valence-corrected chi connectivity index (χ3v) is 6.54. The molecular formula is C24H24N6O2S. The van der Waals surface area contributed by atoms with Crippen molar-refractivity contribution in [2.24, 2.45) is 0 Å². The lowest BCUT2D eigenvalue weighted by atomic mass is 10.2. The average molecular weight is 461 g/mol. The third kappa shape index (κ3) is 4.79. The normalized spacial score (nSPS) is 14.1. The zero-order valence-electron chi connectivity index (χ0n) is 18.4. The number of aromatic nitrogens is 3. The third-order valence-electron chi connectivity index (χ3n) is 5.66. The SMILES string of the molecule is Cc1ccc(N(C)c2ccc3nc(Nc4cc(CNC5(OC=O)CC5)ccn4)sc3n2)cc1. The summed E-state index contributed by atoms with van der Waals surface area (Å²) in [5, 5.41) is 7.31. The quantitative estimate of drug-likeness (QED) is 0.275. The van der Waals surface area contributed by atoms with Gasteiger partial charge in [0.1, 0.15) is 22.0 Å². The number of rotatable bonds is 9. The molecule has 5 rings (SSSR count). The van der Waals surface area contributed by atoms with Crippen molar-refractivity contribution in [1.29, 1.82) is 0 Å². The van der Waals surface area contributed by atoms with Gasteiger partial charge in [-0.1, -0.05) is 29.0 Å². The Balaban J connectivity index is 1.29. The number of fused-ring (bicyclic) bond motifs is 1. The summed E-state index contributed by atoms with van der Waals surface area (Å²) in [5.74, 6) is 1.56. The second kappa shape index (κ2) is 8.76. The number of hydrogen-bond donors (Lipinski definition) is 2. The van der Waals surface area contributed by atoms with Gasteiger partial charge in [0, 0.05) is 38.3 Å². The molecule has 8 nitrogen and oxygen atoms in total. The van der Waals surface area contributed by atoms with Crippen LogP contribution in [0, 0.1) is 6.92 Å². The summed E-state index contributed by atoms with van der Waals surface area (Å²) >= 11 is 1.49. The fraction of sp³-hybridized carbons (Fsp3) is 0.250. The van der Waals surface area contributed by atoms with Crippen LogP contribution in [0.25, 0.3) is 10.3 Å². The Morgan fingerprint density at radius 3 is 2.73 bits per heavy atom. The van der Waals surface area contributed by atoms with Crippen molar-refractivity contribution in [3.8, 4) is 0 Å². The van der Waals surface area contributed by atoms with Gasteiger partial charge < -0.3 is 15.0 Å². The zero-order valence-corrected chi connectivity index (χ0v) is 19.2. The molecule has 1 aliphatic carbocycles. The fourth-order valence-electron chi connectivity index (χ4n) is 3.52. The van der Waals surface area contributed by atoms with E-state index in [4.69, 9.17) is 9.72 Å². The van der Waals surface area contributed by atoms with E-state index in [0.717, 1.165) is 45.4 Å². The number of nitrogens with one attached hydrogen (secondary N) is 2. The molecule has 1 fully saturated rings. The van der Waals surface area contributed by atoms with Gasteiger partial charge in [-0.25, -0.2) is 15.0 Å². The summed E-state index contributed by atoms with van der Waals surface area (Å²) in [4.78, 5) is 27.4. The Morgan fingerprint density at radius 1 is 1.15 bits per heavy atom. The van der Waals surface area contributed by atoms with Crippen LogP contribution in [-0.2, 0) is 16.1 Å². The lowest BCUT2D eigenvalue weighted by Gasteiger charge is -2.18. The molecule has 9 heteroatoms. The Morgan fingerprint density at radius 2 is 1.97 bits per heavy atom. The number of hydrogen-bond acceptors (Lipinski definition) is 9. The highest BCUT2D eigenvalue weighted by Crippen LogP contribution is 2.36. The first-order chi connectivity index (χ1) is 16.0. The van der Waals surface area contributed by atoms with Crippen molar-refractivity contribution in [3.05, 3.63) is 65.9 Å². The monoisotopic (exact) mass is 460 g/mol. The Labute approximate surface area is 195 Å². The molecule has 168 valence electrons. The first kappa shape index (κ1) is 21.3. The van der Waals surface area contributed by atoms with Crippen LogP contribution in [0.5, 0.6) is 0 Å². The Bertz CT molecular complexity index is 1290. The molecule has 0 saturated heterocycles. The lowest BCUT2D eigenvalue weighted by molar-refractivity contribution is -0.137. The van der Waals surface area contributed by atoms with Crippen LogP contribution in [0.4, 0.5) is 22.5 Å². The minimum atomic E-state index is -0.499. The summed E-state index contributed by atoms with van der Waals surface area (Å²) in [6, 6.07) is 16.2. The van der Waals surface area contributed by atoms with Crippen LogP contribution in [0.15, 0.2) is 54.7 Å². The van der Waals surface area contributed by atoms with E-state index in [1.165, 1.54) is 16.9 Å². The molecule has 3 aromatic heterocycles. The first-order valence-electron chi connectivity index (χ1n) is 10.7. The minimum Gasteiger partial charge on any atom is -0.446 e. The van der Waals surface area contributed by atoms with Crippen molar-refractivity contribution in [1.82, 2.24) is 20.3 Å². The highest BCUT2D eigenvalue weighted by atomic mass is 32.1. The summed E-state index contributed by atoms with van der Waals surface area (Å²) in [6.45, 7) is 3.17. The molecular weight excluding hydrogens is 436 g/mol. The smallest absolute Gasteiger partial charge is 0.294 e. The molecule has 4 aromatic rings. The molecule has 1 saturated carbocycles. The van der Waals surface area contributed by atoms with E-state index in [9.17, 15) is 4.79 Å². The minimum absolute atomic E-state index is 0.499. The molecule has 0 aliphatic heterocycles. The first-order valence-corrected chi connectivity index (χ1v) is 11.5. The number of carbonyl (C=O) groups is 1. The predicted molar refractivity (Wildman–Crippen MR) is 130 cm³/mol. The average Bonchev–Trinajstić information content (AvgIpc) is 3.47. The van der Waals surface area contributed by atoms with E-state index >= 15 is 0 Å². The van der Waals surface area contributed by atoms with Crippen LogP contribution >= 0.6 is 11.3 Å². The predicted octanol–water partition coefficient (Wildman–Crippen LogP) is 4.66. The number of thiazole rings is 1. The van der Waals surface area contributed by atoms with Gasteiger partial charge in [-0.2, -0.15) is 0 Å². The fourth-order valence-corrected chi connectivity index (χ4v) is 4.36. The van der Waals surface area contributed by atoms with E-state index in [2.05, 4.69) is 56.7 Å². The second-order valence-corrected chi connectivity index (χ2v) is 9.12. The highest BCUT2D eigenvalue weighted by Gasteiger charge is 2.44. The second-order valence-electron chi connectivity index (χ2n) is 8.14. The van der Waals surface area contributed by atoms with E-state index in [0.29, 0.717) is 18.8 Å². The van der Waals surface area contributed by atoms with Crippen molar-refractivity contribution < 1.29 is 9.53 Å². The van der Waals surface area contributed by atoms with E-state index in [1.807, 2.05) is 31.3 Å². The molecule has 0 unspecified atom stereocenters. The van der Waals surface area contributed by atoms with Crippen molar-refractivity contribution >= 4 is 50.6 Å². The van der Waals surface area contributed by atoms with Crippen LogP contribution in [-0.4, -0.2) is 34.2 Å². The molecule has 0 bridgehead atoms. The van der Waals surface area contributed by atoms with E-state index < -0.39 is 5.72 Å². The van der Waals surface area contributed by atoms with Crippen molar-refractivity contribution in [2.45, 2.75) is 32.0 Å². The summed E-state index contributed by atoms with van der Waals surface area (Å²) in [5.41, 5.74) is 3.68. The number of pyridine rings is 2. The van der Waals surface area contributed by atoms with Crippen LogP contribution in [0.1, 0.15) is 24.0 Å². The summed E-state index contributed by atoms with van der Waals surface area (Å²) in [6.07, 6.45) is 3.42. The van der Waals surface area contributed by atoms with Gasteiger partial charge in [-0.15, -0.1) is 0 Å². The maximum absolute atomic E-state index is 10.6. The number of ether oxygens (including phenoxy) is 1. The maximum Gasteiger partial charge on any atom is 0.294 e. The number of anilines is 4. The van der Waals surface area contributed by atoms with Gasteiger partial charge in [-0.05, 0) is 48.9 Å². The standard InChI is InChI=1S/C24H24N6O2S/c1-16-3-5-18(6-4-16)30(2)21-8-7-19-22(29-21)33-23(27-19)28-20-13-17(9-12-25-20)14-26-24(10-11-24)32-15-31/h3-9,12-13,15,26H,10-11,14H2,1-2H3,(H,25,27,28). The lowest BCUT2D eigenvalue weighted by Crippen LogP contribution is -2.33. The topological polar surface area (TPSA) is 92.3 Å². The molecule has 0 spiro atoms. The van der Waals surface area contributed by atoms with Gasteiger partial charge in [0.05, 0.1) is 0 Å². The molecule has 3 heterocycles. The molecule has 0 amide bonds. The van der Waals surface area contributed by atoms with Crippen LogP contribution in [0.3, 0.4) is 0 Å². The largest absolute Gasteiger partial charge is 0.446 e. The van der Waals surface area contributed by atoms with Crippen molar-refractivity contribution in [3.63, 3.8) is 0 Å². The molecule has 1 aromatic carbocycles. The highest BCUT2D eigenvalue weighted by molar-refractivity contribution is 7.21. The summed E-state index contributed by atoms with van der Waals surface area (Å²) < 4.78 is 5.14. The molecule has 1 aliphatic rings. The van der Waals surface area contributed by atoms with Crippen LogP contribution < -0.4 is 15.5 Å². The molecule has 2 N–H and O–H groups in total. The van der Waals surface area contributed by atoms with Gasteiger partial charge >= 0.3 is 0 Å². The maximum atomic E-state index is 10.6. The number of nitrogens with zero attached hydrogens (tertiary/aromatic N) is 4. The number of benzene rings is 1. The van der Waals surface area contributed by atoms with E-state index in [1.54, 1.807) is 6.20 Å². The Kier molecular flexibility index (Phi) is 5.65. The molecule has 0 radical (unpaired) electrons. The van der Waals surface area contributed by atoms with Crippen molar-refractivity contribution in [2.75, 3.05) is 17.3 Å².